The Bertz CT molecular complexity index is 312. The van der Waals surface area contributed by atoms with Crippen LogP contribution in [0.5, 0.6) is 5.75 Å². The van der Waals surface area contributed by atoms with Crippen molar-refractivity contribution < 1.29 is 5.11 Å². The summed E-state index contributed by atoms with van der Waals surface area (Å²) in [5.41, 5.74) is 1.24. The van der Waals surface area contributed by atoms with Crippen molar-refractivity contribution in [3.05, 3.63) is 29.8 Å². The van der Waals surface area contributed by atoms with Crippen LogP contribution in [0.4, 0.5) is 0 Å². The van der Waals surface area contributed by atoms with E-state index < -0.39 is 0 Å². The summed E-state index contributed by atoms with van der Waals surface area (Å²) >= 11 is 5.91. The Morgan fingerprint density at radius 1 is 1.33 bits per heavy atom. The first-order valence-electron chi connectivity index (χ1n) is 5.37. The predicted molar refractivity (Wildman–Crippen MR) is 62.3 cm³/mol. The molecule has 0 radical (unpaired) electrons. The van der Waals surface area contributed by atoms with Gasteiger partial charge in [0.25, 0.3) is 0 Å². The van der Waals surface area contributed by atoms with Crippen molar-refractivity contribution in [2.45, 2.75) is 25.4 Å². The van der Waals surface area contributed by atoms with Crippen LogP contribution >= 0.6 is 11.6 Å². The van der Waals surface area contributed by atoms with E-state index in [2.05, 4.69) is 4.90 Å². The SMILES string of the molecule is Oc1ccc(CN2CCCC2CCl)cc1. The van der Waals surface area contributed by atoms with Crippen molar-refractivity contribution in [1.29, 1.82) is 0 Å². The first kappa shape index (κ1) is 10.8. The molecular formula is C12H16ClNO. The minimum atomic E-state index is 0.328. The Hall–Kier alpha value is -0.730. The average molecular weight is 226 g/mol. The molecule has 1 aliphatic heterocycles. The molecule has 0 spiro atoms. The molecule has 0 aliphatic carbocycles. The van der Waals surface area contributed by atoms with Gasteiger partial charge in [0.1, 0.15) is 5.75 Å². The van der Waals surface area contributed by atoms with Crippen LogP contribution in [0.1, 0.15) is 18.4 Å². The van der Waals surface area contributed by atoms with E-state index in [0.717, 1.165) is 19.0 Å². The summed E-state index contributed by atoms with van der Waals surface area (Å²) in [5, 5.41) is 9.18. The van der Waals surface area contributed by atoms with Gasteiger partial charge in [-0.1, -0.05) is 12.1 Å². The molecule has 1 heterocycles. The second kappa shape index (κ2) is 4.86. The fourth-order valence-electron chi connectivity index (χ4n) is 2.11. The van der Waals surface area contributed by atoms with E-state index in [1.165, 1.54) is 18.4 Å². The van der Waals surface area contributed by atoms with Gasteiger partial charge in [0.15, 0.2) is 0 Å². The lowest BCUT2D eigenvalue weighted by atomic mass is 10.2. The zero-order valence-corrected chi connectivity index (χ0v) is 9.45. The van der Waals surface area contributed by atoms with Crippen molar-refractivity contribution in [3.63, 3.8) is 0 Å². The maximum Gasteiger partial charge on any atom is 0.115 e. The van der Waals surface area contributed by atoms with E-state index in [4.69, 9.17) is 11.6 Å². The van der Waals surface area contributed by atoms with Crippen molar-refractivity contribution in [3.8, 4) is 5.75 Å². The molecule has 1 N–H and O–H groups in total. The second-order valence-electron chi connectivity index (χ2n) is 4.09. The standard InChI is InChI=1S/C12H16ClNO/c13-8-11-2-1-7-14(11)9-10-3-5-12(15)6-4-10/h3-6,11,15H,1-2,7-9H2. The molecule has 3 heteroatoms. The number of halogens is 1. The number of hydrogen-bond acceptors (Lipinski definition) is 2. The normalized spacial score (nSPS) is 22.1. The van der Waals surface area contributed by atoms with Gasteiger partial charge in [0.2, 0.25) is 0 Å². The fourth-order valence-corrected chi connectivity index (χ4v) is 2.46. The molecular weight excluding hydrogens is 210 g/mol. The lowest BCUT2D eigenvalue weighted by Crippen LogP contribution is -2.30. The Morgan fingerprint density at radius 2 is 2.07 bits per heavy atom. The summed E-state index contributed by atoms with van der Waals surface area (Å²) in [7, 11) is 0. The van der Waals surface area contributed by atoms with E-state index in [9.17, 15) is 5.11 Å². The number of rotatable bonds is 3. The van der Waals surface area contributed by atoms with Gasteiger partial charge in [-0.25, -0.2) is 0 Å². The third-order valence-corrected chi connectivity index (χ3v) is 3.36. The highest BCUT2D eigenvalue weighted by Crippen LogP contribution is 2.21. The zero-order chi connectivity index (χ0) is 10.7. The lowest BCUT2D eigenvalue weighted by Gasteiger charge is -2.22. The third kappa shape index (κ3) is 2.64. The number of phenols is 1. The van der Waals surface area contributed by atoms with E-state index in [-0.39, 0.29) is 0 Å². The molecule has 15 heavy (non-hydrogen) atoms. The van der Waals surface area contributed by atoms with Gasteiger partial charge in [0, 0.05) is 18.5 Å². The maximum atomic E-state index is 9.18. The maximum absolute atomic E-state index is 9.18. The number of phenolic OH excluding ortho intramolecular Hbond substituents is 1. The first-order valence-corrected chi connectivity index (χ1v) is 5.91. The van der Waals surface area contributed by atoms with Gasteiger partial charge < -0.3 is 5.11 Å². The van der Waals surface area contributed by atoms with Crippen molar-refractivity contribution in [2.75, 3.05) is 12.4 Å². The number of aromatic hydroxyl groups is 1. The molecule has 1 unspecified atom stereocenters. The van der Waals surface area contributed by atoms with Crippen molar-refractivity contribution in [2.24, 2.45) is 0 Å². The van der Waals surface area contributed by atoms with Crippen molar-refractivity contribution >= 4 is 11.6 Å². The van der Waals surface area contributed by atoms with Crippen molar-refractivity contribution in [1.82, 2.24) is 4.90 Å². The largest absolute Gasteiger partial charge is 0.508 e. The number of alkyl halides is 1. The second-order valence-corrected chi connectivity index (χ2v) is 4.40. The zero-order valence-electron chi connectivity index (χ0n) is 8.69. The fraction of sp³-hybridized carbons (Fsp3) is 0.500. The molecule has 1 aromatic carbocycles. The van der Waals surface area contributed by atoms with Crippen LogP contribution in [0.3, 0.4) is 0 Å². The Balaban J connectivity index is 1.99. The average Bonchev–Trinajstić information content (AvgIpc) is 2.69. The molecule has 0 bridgehead atoms. The van der Waals surface area contributed by atoms with E-state index in [1.54, 1.807) is 12.1 Å². The van der Waals surface area contributed by atoms with Crippen LogP contribution < -0.4 is 0 Å². The quantitative estimate of drug-likeness (QED) is 0.800. The van der Waals surface area contributed by atoms with Crippen LogP contribution in [-0.4, -0.2) is 28.5 Å². The highest BCUT2D eigenvalue weighted by molar-refractivity contribution is 6.18. The van der Waals surface area contributed by atoms with E-state index in [0.29, 0.717) is 11.8 Å². The van der Waals surface area contributed by atoms with Crippen LogP contribution in [0, 0.1) is 0 Å². The molecule has 2 rings (SSSR count). The van der Waals surface area contributed by atoms with Gasteiger partial charge in [-0.05, 0) is 37.1 Å². The van der Waals surface area contributed by atoms with Gasteiger partial charge in [0.05, 0.1) is 0 Å². The highest BCUT2D eigenvalue weighted by atomic mass is 35.5. The summed E-state index contributed by atoms with van der Waals surface area (Å²) in [4.78, 5) is 2.42. The molecule has 0 saturated carbocycles. The smallest absolute Gasteiger partial charge is 0.115 e. The van der Waals surface area contributed by atoms with Gasteiger partial charge >= 0.3 is 0 Å². The summed E-state index contributed by atoms with van der Waals surface area (Å²) < 4.78 is 0. The molecule has 82 valence electrons. The number of likely N-dealkylation sites (tertiary alicyclic amines) is 1. The molecule has 1 aliphatic rings. The monoisotopic (exact) mass is 225 g/mol. The summed E-state index contributed by atoms with van der Waals surface area (Å²) in [6, 6.07) is 7.94. The van der Waals surface area contributed by atoms with E-state index in [1.807, 2.05) is 12.1 Å². The van der Waals surface area contributed by atoms with Crippen LogP contribution in [0.15, 0.2) is 24.3 Å². The predicted octanol–water partition coefficient (Wildman–Crippen LogP) is 2.60. The Labute approximate surface area is 95.5 Å². The summed E-state index contributed by atoms with van der Waals surface area (Å²) in [6.07, 6.45) is 2.46. The number of benzene rings is 1. The lowest BCUT2D eigenvalue weighted by molar-refractivity contribution is 0.263. The Kier molecular flexibility index (Phi) is 3.49. The molecule has 1 aromatic rings. The highest BCUT2D eigenvalue weighted by Gasteiger charge is 2.23. The number of nitrogens with zero attached hydrogens (tertiary/aromatic N) is 1. The minimum absolute atomic E-state index is 0.328. The summed E-state index contributed by atoms with van der Waals surface area (Å²) in [6.45, 7) is 2.08. The topological polar surface area (TPSA) is 23.5 Å². The van der Waals surface area contributed by atoms with Gasteiger partial charge in [-0.3, -0.25) is 4.90 Å². The molecule has 1 atom stereocenters. The Morgan fingerprint density at radius 3 is 2.73 bits per heavy atom. The van der Waals surface area contributed by atoms with Crippen LogP contribution in [0.2, 0.25) is 0 Å². The number of hydrogen-bond donors (Lipinski definition) is 1. The molecule has 1 fully saturated rings. The summed E-state index contributed by atoms with van der Waals surface area (Å²) in [5.74, 6) is 1.05. The molecule has 0 aromatic heterocycles. The minimum Gasteiger partial charge on any atom is -0.508 e. The van der Waals surface area contributed by atoms with Crippen LogP contribution in [-0.2, 0) is 6.54 Å². The molecule has 1 saturated heterocycles. The first-order chi connectivity index (χ1) is 7.29. The van der Waals surface area contributed by atoms with Gasteiger partial charge in [-0.15, -0.1) is 11.6 Å². The molecule has 0 amide bonds. The molecule has 2 nitrogen and oxygen atoms in total. The third-order valence-electron chi connectivity index (χ3n) is 3.00. The van der Waals surface area contributed by atoms with E-state index >= 15 is 0 Å². The van der Waals surface area contributed by atoms with Gasteiger partial charge in [-0.2, -0.15) is 0 Å². The van der Waals surface area contributed by atoms with Crippen LogP contribution in [0.25, 0.3) is 0 Å².